The molecule has 1 saturated heterocycles. The maximum absolute atomic E-state index is 11.2. The van der Waals surface area contributed by atoms with Gasteiger partial charge in [-0.3, -0.25) is 9.59 Å². The molecule has 0 amide bonds. The van der Waals surface area contributed by atoms with E-state index in [1.54, 1.807) is 6.08 Å². The molecule has 3 atom stereocenters. The van der Waals surface area contributed by atoms with Crippen molar-refractivity contribution in [3.8, 4) is 0 Å². The molecule has 1 saturated carbocycles. The minimum Gasteiger partial charge on any atom is -0.459 e. The summed E-state index contributed by atoms with van der Waals surface area (Å²) in [6.45, 7) is 9.16. The fraction of sp³-hybridized carbons (Fsp3) is 0.733. The average molecular weight is 266 g/mol. The van der Waals surface area contributed by atoms with Gasteiger partial charge >= 0.3 is 5.97 Å². The first-order valence-electron chi connectivity index (χ1n) is 6.72. The van der Waals surface area contributed by atoms with Gasteiger partial charge in [0.15, 0.2) is 5.78 Å². The number of rotatable bonds is 3. The molecule has 4 nitrogen and oxygen atoms in total. The first kappa shape index (κ1) is 14.3. The lowest BCUT2D eigenvalue weighted by atomic mass is 9.63. The van der Waals surface area contributed by atoms with E-state index in [9.17, 15) is 9.59 Å². The van der Waals surface area contributed by atoms with E-state index in [4.69, 9.17) is 9.47 Å². The molecule has 1 aliphatic carbocycles. The molecule has 19 heavy (non-hydrogen) atoms. The number of hydrogen-bond acceptors (Lipinski definition) is 4. The molecule has 0 aromatic carbocycles. The molecule has 1 heterocycles. The zero-order valence-electron chi connectivity index (χ0n) is 12.3. The molecule has 0 aromatic heterocycles. The highest BCUT2D eigenvalue weighted by Crippen LogP contribution is 2.66. The second kappa shape index (κ2) is 4.17. The van der Waals surface area contributed by atoms with Crippen LogP contribution in [0.15, 0.2) is 12.2 Å². The van der Waals surface area contributed by atoms with E-state index < -0.39 is 11.2 Å². The third-order valence-electron chi connectivity index (χ3n) is 4.58. The van der Waals surface area contributed by atoms with Crippen LogP contribution in [0, 0.1) is 5.41 Å². The fourth-order valence-corrected chi connectivity index (χ4v) is 3.41. The summed E-state index contributed by atoms with van der Waals surface area (Å²) in [5.74, 6) is -0.288. The number of hydrogen-bond donors (Lipinski definition) is 0. The van der Waals surface area contributed by atoms with E-state index >= 15 is 0 Å². The summed E-state index contributed by atoms with van der Waals surface area (Å²) >= 11 is 0. The van der Waals surface area contributed by atoms with E-state index in [1.807, 2.05) is 13.0 Å². The smallest absolute Gasteiger partial charge is 0.303 e. The van der Waals surface area contributed by atoms with Gasteiger partial charge in [0.25, 0.3) is 0 Å². The molecule has 0 spiro atoms. The molecule has 0 N–H and O–H groups in total. The number of carbonyl (C=O) groups is 2. The Kier molecular flexibility index (Phi) is 3.13. The maximum atomic E-state index is 11.2. The molecule has 3 unspecified atom stereocenters. The lowest BCUT2D eigenvalue weighted by Crippen LogP contribution is -2.49. The van der Waals surface area contributed by atoms with E-state index in [0.29, 0.717) is 0 Å². The predicted octanol–water partition coefficient (Wildman–Crippen LogP) is 2.41. The second-order valence-electron chi connectivity index (χ2n) is 6.41. The molecule has 2 aliphatic rings. The number of allylic oxidation sites excluding steroid dienone is 1. The first-order valence-corrected chi connectivity index (χ1v) is 6.72. The number of epoxide rings is 1. The summed E-state index contributed by atoms with van der Waals surface area (Å²) in [7, 11) is 0. The van der Waals surface area contributed by atoms with Crippen LogP contribution in [0.25, 0.3) is 0 Å². The predicted molar refractivity (Wildman–Crippen MR) is 70.6 cm³/mol. The SMILES string of the molecule is CC(=O)C=CC12OC1(C)C(OC(C)=O)CCC2(C)C. The average Bonchev–Trinajstić information content (AvgIpc) is 2.90. The van der Waals surface area contributed by atoms with Crippen LogP contribution in [-0.2, 0) is 19.1 Å². The fourth-order valence-electron chi connectivity index (χ4n) is 3.41. The standard InChI is InChI=1S/C15H22O4/c1-10(16)6-9-15-13(3,4)8-7-12(18-11(2)17)14(15,5)19-15/h6,9,12H,7-8H2,1-5H3. The normalized spacial score (nSPS) is 39.7. The number of ketones is 1. The zero-order chi connectivity index (χ0) is 14.5. The minimum atomic E-state index is -0.521. The van der Waals surface area contributed by atoms with Gasteiger partial charge in [0.2, 0.25) is 0 Å². The Labute approximate surface area is 114 Å². The van der Waals surface area contributed by atoms with Gasteiger partial charge in [-0.05, 0) is 38.8 Å². The Morgan fingerprint density at radius 2 is 1.89 bits per heavy atom. The van der Waals surface area contributed by atoms with E-state index in [-0.39, 0.29) is 23.3 Å². The summed E-state index contributed by atoms with van der Waals surface area (Å²) in [5, 5.41) is 0. The lowest BCUT2D eigenvalue weighted by Gasteiger charge is -2.39. The Bertz CT molecular complexity index is 451. The van der Waals surface area contributed by atoms with Crippen LogP contribution in [-0.4, -0.2) is 29.1 Å². The second-order valence-corrected chi connectivity index (χ2v) is 6.41. The topological polar surface area (TPSA) is 55.9 Å². The van der Waals surface area contributed by atoms with Crippen molar-refractivity contribution in [3.63, 3.8) is 0 Å². The quantitative estimate of drug-likeness (QED) is 0.447. The van der Waals surface area contributed by atoms with E-state index in [1.165, 1.54) is 13.8 Å². The van der Waals surface area contributed by atoms with Gasteiger partial charge < -0.3 is 9.47 Å². The molecule has 2 rings (SSSR count). The molecule has 4 heteroatoms. The lowest BCUT2D eigenvalue weighted by molar-refractivity contribution is -0.151. The molecule has 2 fully saturated rings. The number of esters is 1. The van der Waals surface area contributed by atoms with Crippen LogP contribution in [0.3, 0.4) is 0 Å². The Balaban J connectivity index is 2.31. The van der Waals surface area contributed by atoms with Gasteiger partial charge in [-0.25, -0.2) is 0 Å². The van der Waals surface area contributed by atoms with Crippen molar-refractivity contribution in [1.82, 2.24) is 0 Å². The Morgan fingerprint density at radius 1 is 1.26 bits per heavy atom. The van der Waals surface area contributed by atoms with Crippen LogP contribution in [0.2, 0.25) is 0 Å². The Hall–Kier alpha value is -1.16. The van der Waals surface area contributed by atoms with Crippen LogP contribution in [0.5, 0.6) is 0 Å². The molecule has 0 bridgehead atoms. The highest BCUT2D eigenvalue weighted by molar-refractivity contribution is 5.87. The van der Waals surface area contributed by atoms with Crippen molar-refractivity contribution in [1.29, 1.82) is 0 Å². The number of ether oxygens (including phenoxy) is 2. The van der Waals surface area contributed by atoms with Crippen LogP contribution in [0.4, 0.5) is 0 Å². The van der Waals surface area contributed by atoms with E-state index in [2.05, 4.69) is 13.8 Å². The monoisotopic (exact) mass is 266 g/mol. The summed E-state index contributed by atoms with van der Waals surface area (Å²) < 4.78 is 11.4. The molecular formula is C15H22O4. The Morgan fingerprint density at radius 3 is 2.42 bits per heavy atom. The summed E-state index contributed by atoms with van der Waals surface area (Å²) in [4.78, 5) is 22.4. The third kappa shape index (κ3) is 2.02. The van der Waals surface area contributed by atoms with Gasteiger partial charge in [-0.1, -0.05) is 13.8 Å². The van der Waals surface area contributed by atoms with E-state index in [0.717, 1.165) is 12.8 Å². The molecule has 1 aliphatic heterocycles. The van der Waals surface area contributed by atoms with Gasteiger partial charge in [0, 0.05) is 12.3 Å². The van der Waals surface area contributed by atoms with Crippen LogP contribution in [0.1, 0.15) is 47.5 Å². The zero-order valence-corrected chi connectivity index (χ0v) is 12.3. The molecule has 0 aromatic rings. The van der Waals surface area contributed by atoms with Gasteiger partial charge in [0.05, 0.1) is 0 Å². The highest BCUT2D eigenvalue weighted by atomic mass is 16.7. The summed E-state index contributed by atoms with van der Waals surface area (Å²) in [6, 6.07) is 0. The number of fused-ring (bicyclic) bond motifs is 1. The third-order valence-corrected chi connectivity index (χ3v) is 4.58. The maximum Gasteiger partial charge on any atom is 0.303 e. The minimum absolute atomic E-state index is 0.00219. The first-order chi connectivity index (χ1) is 8.65. The largest absolute Gasteiger partial charge is 0.459 e. The molecular weight excluding hydrogens is 244 g/mol. The van der Waals surface area contributed by atoms with Crippen molar-refractivity contribution in [3.05, 3.63) is 12.2 Å². The van der Waals surface area contributed by atoms with Crippen molar-refractivity contribution in [2.75, 3.05) is 0 Å². The number of carbonyl (C=O) groups excluding carboxylic acids is 2. The van der Waals surface area contributed by atoms with Crippen molar-refractivity contribution in [2.45, 2.75) is 64.8 Å². The van der Waals surface area contributed by atoms with Crippen molar-refractivity contribution < 1.29 is 19.1 Å². The van der Waals surface area contributed by atoms with Gasteiger partial charge in [-0.2, -0.15) is 0 Å². The summed E-state index contributed by atoms with van der Waals surface area (Å²) in [5.41, 5.74) is -1.11. The summed E-state index contributed by atoms with van der Waals surface area (Å²) in [6.07, 6.45) is 4.85. The van der Waals surface area contributed by atoms with Gasteiger partial charge in [-0.15, -0.1) is 0 Å². The highest BCUT2D eigenvalue weighted by Gasteiger charge is 2.78. The van der Waals surface area contributed by atoms with Crippen molar-refractivity contribution >= 4 is 11.8 Å². The molecule has 0 radical (unpaired) electrons. The molecule has 106 valence electrons. The van der Waals surface area contributed by atoms with Crippen molar-refractivity contribution in [2.24, 2.45) is 5.41 Å². The van der Waals surface area contributed by atoms with Gasteiger partial charge in [0.1, 0.15) is 17.3 Å². The van der Waals surface area contributed by atoms with Crippen LogP contribution >= 0.6 is 0 Å². The van der Waals surface area contributed by atoms with Crippen LogP contribution < -0.4 is 0 Å².